The second-order valence-corrected chi connectivity index (χ2v) is 3.69. The minimum Gasteiger partial charge on any atom is -0.474 e. The average molecular weight is 193 g/mol. The van der Waals surface area contributed by atoms with Gasteiger partial charge < -0.3 is 9.84 Å². The van der Waals surface area contributed by atoms with Crippen LogP contribution in [0.1, 0.15) is 31.2 Å². The van der Waals surface area contributed by atoms with Crippen LogP contribution in [0.25, 0.3) is 0 Å². The summed E-state index contributed by atoms with van der Waals surface area (Å²) in [7, 11) is 0. The zero-order chi connectivity index (χ0) is 9.80. The van der Waals surface area contributed by atoms with Gasteiger partial charge in [-0.25, -0.2) is 4.98 Å². The highest BCUT2D eigenvalue weighted by atomic mass is 16.5. The Morgan fingerprint density at radius 3 is 2.71 bits per heavy atom. The van der Waals surface area contributed by atoms with E-state index in [0.717, 1.165) is 18.4 Å². The Balaban J connectivity index is 1.95. The van der Waals surface area contributed by atoms with Crippen molar-refractivity contribution in [1.82, 2.24) is 4.98 Å². The fraction of sp³-hybridized carbons (Fsp3) is 0.545. The third-order valence-corrected chi connectivity index (χ3v) is 2.57. The summed E-state index contributed by atoms with van der Waals surface area (Å²) in [5.41, 5.74) is 0.823. The van der Waals surface area contributed by atoms with Gasteiger partial charge in [0.05, 0.1) is 6.61 Å². The lowest BCUT2D eigenvalue weighted by Gasteiger charge is -2.11. The van der Waals surface area contributed by atoms with Crippen molar-refractivity contribution in [2.45, 2.75) is 38.4 Å². The van der Waals surface area contributed by atoms with Crippen molar-refractivity contribution in [3.8, 4) is 5.88 Å². The summed E-state index contributed by atoms with van der Waals surface area (Å²) in [5, 5.41) is 8.83. The summed E-state index contributed by atoms with van der Waals surface area (Å²) in [4.78, 5) is 4.13. The van der Waals surface area contributed by atoms with Crippen molar-refractivity contribution in [2.24, 2.45) is 0 Å². The number of rotatable bonds is 3. The molecule has 0 amide bonds. The van der Waals surface area contributed by atoms with Crippen molar-refractivity contribution in [3.63, 3.8) is 0 Å². The van der Waals surface area contributed by atoms with E-state index < -0.39 is 0 Å². The molecule has 0 spiro atoms. The maximum Gasteiger partial charge on any atom is 0.213 e. The highest BCUT2D eigenvalue weighted by Gasteiger charge is 2.16. The predicted octanol–water partition coefficient (Wildman–Crippen LogP) is 1.90. The number of ether oxygens (including phenoxy) is 1. The molecule has 1 saturated carbocycles. The van der Waals surface area contributed by atoms with Gasteiger partial charge in [0.15, 0.2) is 0 Å². The van der Waals surface area contributed by atoms with E-state index in [0.29, 0.717) is 12.0 Å². The molecule has 0 radical (unpaired) electrons. The molecule has 2 rings (SSSR count). The molecule has 3 nitrogen and oxygen atoms in total. The first-order valence-corrected chi connectivity index (χ1v) is 5.11. The predicted molar refractivity (Wildman–Crippen MR) is 53.0 cm³/mol. The molecule has 1 aromatic rings. The highest BCUT2D eigenvalue weighted by molar-refractivity contribution is 5.17. The summed E-state index contributed by atoms with van der Waals surface area (Å²) in [6.45, 7) is 0.0384. The van der Waals surface area contributed by atoms with Crippen molar-refractivity contribution in [1.29, 1.82) is 0 Å². The summed E-state index contributed by atoms with van der Waals surface area (Å²) in [6.07, 6.45) is 6.82. The van der Waals surface area contributed by atoms with Crippen LogP contribution in [-0.4, -0.2) is 16.2 Å². The smallest absolute Gasteiger partial charge is 0.213 e. The number of aliphatic hydroxyl groups is 1. The molecule has 0 unspecified atom stereocenters. The quantitative estimate of drug-likeness (QED) is 0.797. The molecule has 1 aromatic heterocycles. The first kappa shape index (κ1) is 9.46. The van der Waals surface area contributed by atoms with Crippen LogP contribution in [0.15, 0.2) is 18.3 Å². The van der Waals surface area contributed by atoms with Crippen LogP contribution >= 0.6 is 0 Å². The molecule has 1 N–H and O–H groups in total. The molecule has 0 aromatic carbocycles. The lowest BCUT2D eigenvalue weighted by molar-refractivity contribution is 0.201. The van der Waals surface area contributed by atoms with Crippen LogP contribution in [0.4, 0.5) is 0 Å². The monoisotopic (exact) mass is 193 g/mol. The van der Waals surface area contributed by atoms with E-state index in [2.05, 4.69) is 4.98 Å². The Bertz CT molecular complexity index is 278. The van der Waals surface area contributed by atoms with Crippen LogP contribution in [-0.2, 0) is 6.61 Å². The average Bonchev–Trinajstić information content (AvgIpc) is 2.72. The molecule has 1 aliphatic rings. The Morgan fingerprint density at radius 1 is 1.36 bits per heavy atom. The van der Waals surface area contributed by atoms with Crippen LogP contribution in [0.2, 0.25) is 0 Å². The summed E-state index contributed by atoms with van der Waals surface area (Å²) >= 11 is 0. The Kier molecular flexibility index (Phi) is 2.99. The fourth-order valence-corrected chi connectivity index (χ4v) is 1.75. The van der Waals surface area contributed by atoms with E-state index in [9.17, 15) is 0 Å². The van der Waals surface area contributed by atoms with Gasteiger partial charge in [-0.1, -0.05) is 0 Å². The van der Waals surface area contributed by atoms with Crippen molar-refractivity contribution in [3.05, 3.63) is 23.9 Å². The molecule has 1 heterocycles. The molecule has 0 saturated heterocycles. The number of nitrogens with zero attached hydrogens (tertiary/aromatic N) is 1. The topological polar surface area (TPSA) is 42.4 Å². The molecule has 0 aliphatic heterocycles. The SMILES string of the molecule is OCc1ccc(OC2CCCC2)nc1. The standard InChI is InChI=1S/C11H15NO2/c13-8-9-5-6-11(12-7-9)14-10-3-1-2-4-10/h5-7,10,13H,1-4,8H2. The molecule has 1 fully saturated rings. The largest absolute Gasteiger partial charge is 0.474 e. The molecule has 14 heavy (non-hydrogen) atoms. The first-order valence-electron chi connectivity index (χ1n) is 5.11. The third kappa shape index (κ3) is 2.23. The van der Waals surface area contributed by atoms with Gasteiger partial charge in [-0.2, -0.15) is 0 Å². The third-order valence-electron chi connectivity index (χ3n) is 2.57. The van der Waals surface area contributed by atoms with Crippen LogP contribution in [0.3, 0.4) is 0 Å². The van der Waals surface area contributed by atoms with Gasteiger partial charge in [0.1, 0.15) is 6.10 Å². The van der Waals surface area contributed by atoms with Gasteiger partial charge in [0, 0.05) is 12.3 Å². The molecule has 0 bridgehead atoms. The lowest BCUT2D eigenvalue weighted by Crippen LogP contribution is -2.11. The van der Waals surface area contributed by atoms with Gasteiger partial charge in [0.25, 0.3) is 0 Å². The minimum absolute atomic E-state index is 0.0384. The van der Waals surface area contributed by atoms with Gasteiger partial charge >= 0.3 is 0 Å². The Labute approximate surface area is 83.7 Å². The summed E-state index contributed by atoms with van der Waals surface area (Å²) in [5.74, 6) is 0.675. The maximum atomic E-state index is 8.83. The zero-order valence-electron chi connectivity index (χ0n) is 8.15. The lowest BCUT2D eigenvalue weighted by atomic mass is 10.3. The maximum absolute atomic E-state index is 8.83. The molecule has 3 heteroatoms. The van der Waals surface area contributed by atoms with E-state index in [4.69, 9.17) is 9.84 Å². The second kappa shape index (κ2) is 4.42. The van der Waals surface area contributed by atoms with E-state index >= 15 is 0 Å². The Hall–Kier alpha value is -1.09. The van der Waals surface area contributed by atoms with Gasteiger partial charge in [0.2, 0.25) is 5.88 Å². The Morgan fingerprint density at radius 2 is 2.14 bits per heavy atom. The first-order chi connectivity index (χ1) is 6.88. The summed E-state index contributed by atoms with van der Waals surface area (Å²) in [6, 6.07) is 3.67. The number of pyridine rings is 1. The second-order valence-electron chi connectivity index (χ2n) is 3.69. The molecular weight excluding hydrogens is 178 g/mol. The number of aliphatic hydroxyl groups excluding tert-OH is 1. The number of hydrogen-bond donors (Lipinski definition) is 1. The van der Waals surface area contributed by atoms with Crippen LogP contribution in [0.5, 0.6) is 5.88 Å². The van der Waals surface area contributed by atoms with Gasteiger partial charge in [-0.05, 0) is 37.3 Å². The van der Waals surface area contributed by atoms with E-state index in [1.165, 1.54) is 12.8 Å². The molecule has 1 aliphatic carbocycles. The highest BCUT2D eigenvalue weighted by Crippen LogP contribution is 2.22. The zero-order valence-corrected chi connectivity index (χ0v) is 8.15. The fourth-order valence-electron chi connectivity index (χ4n) is 1.75. The van der Waals surface area contributed by atoms with Crippen molar-refractivity contribution >= 4 is 0 Å². The number of aromatic nitrogens is 1. The normalized spacial score (nSPS) is 17.2. The van der Waals surface area contributed by atoms with Crippen molar-refractivity contribution in [2.75, 3.05) is 0 Å². The number of hydrogen-bond acceptors (Lipinski definition) is 3. The van der Waals surface area contributed by atoms with Gasteiger partial charge in [-0.15, -0.1) is 0 Å². The molecule has 0 atom stereocenters. The molecule has 76 valence electrons. The van der Waals surface area contributed by atoms with E-state index in [1.54, 1.807) is 6.20 Å². The van der Waals surface area contributed by atoms with E-state index in [-0.39, 0.29) is 6.61 Å². The van der Waals surface area contributed by atoms with Gasteiger partial charge in [-0.3, -0.25) is 0 Å². The summed E-state index contributed by atoms with van der Waals surface area (Å²) < 4.78 is 5.68. The van der Waals surface area contributed by atoms with E-state index in [1.807, 2.05) is 12.1 Å². The van der Waals surface area contributed by atoms with Crippen LogP contribution in [0, 0.1) is 0 Å². The molecular formula is C11H15NO2. The van der Waals surface area contributed by atoms with Crippen LogP contribution < -0.4 is 4.74 Å². The minimum atomic E-state index is 0.0384. The van der Waals surface area contributed by atoms with Crippen molar-refractivity contribution < 1.29 is 9.84 Å².